The summed E-state index contributed by atoms with van der Waals surface area (Å²) in [6, 6.07) is 8.61. The first-order valence-corrected chi connectivity index (χ1v) is 16.3. The number of aromatic nitrogens is 5. The second-order valence-corrected chi connectivity index (χ2v) is 16.4. The predicted octanol–water partition coefficient (Wildman–Crippen LogP) is 6.30. The van der Waals surface area contributed by atoms with Crippen molar-refractivity contribution >= 4 is 19.1 Å². The van der Waals surface area contributed by atoms with E-state index in [1.54, 1.807) is 13.0 Å². The van der Waals surface area contributed by atoms with Gasteiger partial charge in [-0.3, -0.25) is 5.10 Å². The van der Waals surface area contributed by atoms with Crippen molar-refractivity contribution in [2.24, 2.45) is 0 Å². The summed E-state index contributed by atoms with van der Waals surface area (Å²) in [6.45, 7) is 12.2. The molecule has 0 amide bonds. The average molecular weight is 492 g/mol. The fraction of sp³-hybridized carbons (Fsp3) is 0.444. The molecule has 5 rings (SSSR count). The zero-order valence-corrected chi connectivity index (χ0v) is 22.3. The maximum Gasteiger partial charge on any atom is 0.182 e. The van der Waals surface area contributed by atoms with Crippen molar-refractivity contribution in [3.63, 3.8) is 0 Å². The van der Waals surface area contributed by atoms with Gasteiger partial charge in [0.15, 0.2) is 11.5 Å². The molecule has 0 radical (unpaired) electrons. The number of ether oxygens (including phenoxy) is 1. The standard InChI is InChI=1S/C27H34FN5OSi/c1-6-18-14-17(2)21(28)15-20(18)22-11-10-19-25(31-32-26(19)29-22)27-30-23-8-7-9-24(23)33(27)16-34-12-13-35(3,4)5/h10-11,14-15H,6-9,12-13,16H2,1-5H3,(H,29,31,32). The number of benzene rings is 1. The van der Waals surface area contributed by atoms with Gasteiger partial charge in [0.25, 0.3) is 0 Å². The van der Waals surface area contributed by atoms with E-state index in [-0.39, 0.29) is 5.82 Å². The Hall–Kier alpha value is -2.84. The minimum atomic E-state index is -1.15. The van der Waals surface area contributed by atoms with Crippen LogP contribution in [-0.2, 0) is 30.7 Å². The van der Waals surface area contributed by atoms with Crippen LogP contribution < -0.4 is 0 Å². The van der Waals surface area contributed by atoms with Gasteiger partial charge in [0.1, 0.15) is 18.2 Å². The summed E-state index contributed by atoms with van der Waals surface area (Å²) in [5.41, 5.74) is 7.16. The molecule has 1 aromatic carbocycles. The third-order valence-electron chi connectivity index (χ3n) is 6.88. The Morgan fingerprint density at radius 1 is 1.14 bits per heavy atom. The van der Waals surface area contributed by atoms with Crippen LogP contribution in [0.5, 0.6) is 0 Å². The molecule has 0 saturated carbocycles. The number of nitrogens with zero attached hydrogens (tertiary/aromatic N) is 4. The Kier molecular flexibility index (Phi) is 6.35. The molecular formula is C27H34FN5OSi. The van der Waals surface area contributed by atoms with E-state index in [0.717, 1.165) is 77.8 Å². The molecule has 0 bridgehead atoms. The molecule has 8 heteroatoms. The van der Waals surface area contributed by atoms with Crippen molar-refractivity contribution in [1.82, 2.24) is 24.7 Å². The molecule has 6 nitrogen and oxygen atoms in total. The topological polar surface area (TPSA) is 68.6 Å². The van der Waals surface area contributed by atoms with Gasteiger partial charge < -0.3 is 9.30 Å². The molecule has 0 unspecified atom stereocenters. The highest BCUT2D eigenvalue weighted by atomic mass is 28.3. The van der Waals surface area contributed by atoms with Crippen LogP contribution in [0.2, 0.25) is 25.7 Å². The third-order valence-corrected chi connectivity index (χ3v) is 8.59. The Morgan fingerprint density at radius 2 is 1.97 bits per heavy atom. The number of fused-ring (bicyclic) bond motifs is 2. The smallest absolute Gasteiger partial charge is 0.182 e. The van der Waals surface area contributed by atoms with E-state index in [9.17, 15) is 4.39 Å². The number of imidazole rings is 1. The van der Waals surface area contributed by atoms with Crippen molar-refractivity contribution < 1.29 is 9.13 Å². The van der Waals surface area contributed by atoms with Crippen LogP contribution in [0.3, 0.4) is 0 Å². The molecule has 3 aromatic heterocycles. The number of pyridine rings is 1. The highest BCUT2D eigenvalue weighted by Crippen LogP contribution is 2.33. The van der Waals surface area contributed by atoms with E-state index in [1.807, 2.05) is 18.2 Å². The van der Waals surface area contributed by atoms with Gasteiger partial charge in [-0.15, -0.1) is 0 Å². The fourth-order valence-corrected chi connectivity index (χ4v) is 5.55. The zero-order chi connectivity index (χ0) is 24.7. The lowest BCUT2D eigenvalue weighted by Crippen LogP contribution is -2.22. The largest absolute Gasteiger partial charge is 0.361 e. The summed E-state index contributed by atoms with van der Waals surface area (Å²) >= 11 is 0. The minimum absolute atomic E-state index is 0.215. The minimum Gasteiger partial charge on any atom is -0.361 e. The molecule has 1 aliphatic carbocycles. The van der Waals surface area contributed by atoms with Gasteiger partial charge in [0.05, 0.1) is 11.4 Å². The summed E-state index contributed by atoms with van der Waals surface area (Å²) in [5, 5.41) is 8.60. The van der Waals surface area contributed by atoms with Gasteiger partial charge in [-0.2, -0.15) is 5.10 Å². The Labute approximate surface area is 207 Å². The second-order valence-electron chi connectivity index (χ2n) is 10.7. The maximum atomic E-state index is 14.4. The quantitative estimate of drug-likeness (QED) is 0.232. The molecule has 0 fully saturated rings. The van der Waals surface area contributed by atoms with Gasteiger partial charge >= 0.3 is 0 Å². The van der Waals surface area contributed by atoms with Crippen LogP contribution in [0.4, 0.5) is 4.39 Å². The fourth-order valence-electron chi connectivity index (χ4n) is 4.79. The van der Waals surface area contributed by atoms with Crippen molar-refractivity contribution in [3.05, 3.63) is 52.6 Å². The molecule has 0 spiro atoms. The van der Waals surface area contributed by atoms with E-state index >= 15 is 0 Å². The Morgan fingerprint density at radius 3 is 2.74 bits per heavy atom. The summed E-state index contributed by atoms with van der Waals surface area (Å²) in [5.74, 6) is 0.642. The van der Waals surface area contributed by atoms with E-state index < -0.39 is 8.07 Å². The number of hydrogen-bond donors (Lipinski definition) is 1. The van der Waals surface area contributed by atoms with Crippen LogP contribution in [0.15, 0.2) is 24.3 Å². The molecule has 0 saturated heterocycles. The van der Waals surface area contributed by atoms with E-state index in [2.05, 4.69) is 41.3 Å². The van der Waals surface area contributed by atoms with Crippen LogP contribution in [0, 0.1) is 12.7 Å². The van der Waals surface area contributed by atoms with Crippen LogP contribution in [-0.4, -0.2) is 39.4 Å². The number of rotatable bonds is 8. The molecule has 35 heavy (non-hydrogen) atoms. The average Bonchev–Trinajstić information content (AvgIpc) is 3.52. The second kappa shape index (κ2) is 9.31. The lowest BCUT2D eigenvalue weighted by molar-refractivity contribution is 0.0866. The summed E-state index contributed by atoms with van der Waals surface area (Å²) in [6.07, 6.45) is 3.96. The Bertz CT molecular complexity index is 1380. The van der Waals surface area contributed by atoms with E-state index in [1.165, 1.54) is 5.69 Å². The molecule has 4 aromatic rings. The zero-order valence-electron chi connectivity index (χ0n) is 21.3. The number of H-pyrrole nitrogens is 1. The van der Waals surface area contributed by atoms with Crippen molar-refractivity contribution in [2.45, 2.75) is 71.9 Å². The molecule has 0 aliphatic heterocycles. The number of aryl methyl sites for hydroxylation is 3. The van der Waals surface area contributed by atoms with Crippen molar-refractivity contribution in [1.29, 1.82) is 0 Å². The van der Waals surface area contributed by atoms with Gasteiger partial charge in [0.2, 0.25) is 0 Å². The van der Waals surface area contributed by atoms with Crippen molar-refractivity contribution in [3.8, 4) is 22.8 Å². The first kappa shape index (κ1) is 23.9. The molecule has 1 N–H and O–H groups in total. The van der Waals surface area contributed by atoms with E-state index in [0.29, 0.717) is 17.9 Å². The monoisotopic (exact) mass is 491 g/mol. The van der Waals surface area contributed by atoms with Crippen LogP contribution in [0.25, 0.3) is 33.8 Å². The number of hydrogen-bond acceptors (Lipinski definition) is 4. The highest BCUT2D eigenvalue weighted by Gasteiger charge is 2.25. The first-order valence-electron chi connectivity index (χ1n) is 12.6. The van der Waals surface area contributed by atoms with Gasteiger partial charge in [-0.25, -0.2) is 14.4 Å². The van der Waals surface area contributed by atoms with Gasteiger partial charge in [0, 0.05) is 31.3 Å². The predicted molar refractivity (Wildman–Crippen MR) is 141 cm³/mol. The molecule has 0 atom stereocenters. The number of nitrogens with one attached hydrogen (secondary N) is 1. The molecule has 1 aliphatic rings. The summed E-state index contributed by atoms with van der Waals surface area (Å²) < 4.78 is 22.7. The highest BCUT2D eigenvalue weighted by molar-refractivity contribution is 6.76. The van der Waals surface area contributed by atoms with Gasteiger partial charge in [-0.1, -0.05) is 32.6 Å². The van der Waals surface area contributed by atoms with Crippen molar-refractivity contribution in [2.75, 3.05) is 6.61 Å². The number of aromatic amines is 1. The normalized spacial score (nSPS) is 13.7. The molecular weight excluding hydrogens is 457 g/mol. The lowest BCUT2D eigenvalue weighted by Gasteiger charge is -2.16. The molecule has 3 heterocycles. The summed E-state index contributed by atoms with van der Waals surface area (Å²) in [7, 11) is -1.15. The van der Waals surface area contributed by atoms with E-state index in [4.69, 9.17) is 14.7 Å². The molecule has 184 valence electrons. The lowest BCUT2D eigenvalue weighted by atomic mass is 9.99. The first-order chi connectivity index (χ1) is 16.7. The third kappa shape index (κ3) is 4.69. The van der Waals surface area contributed by atoms with Gasteiger partial charge in [-0.05, 0) is 68.0 Å². The maximum absolute atomic E-state index is 14.4. The SMILES string of the molecule is CCc1cc(C)c(F)cc1-c1ccc2c(-c3nc4c(n3COCC[Si](C)(C)C)CCC4)[nH]nc2n1. The van der Waals surface area contributed by atoms with Crippen LogP contribution in [0.1, 0.15) is 35.9 Å². The Balaban J connectivity index is 1.50. The van der Waals surface area contributed by atoms with Crippen LogP contribution >= 0.6 is 0 Å². The number of halogens is 1. The summed E-state index contributed by atoms with van der Waals surface area (Å²) in [4.78, 5) is 9.78.